The van der Waals surface area contributed by atoms with Crippen LogP contribution in [0.2, 0.25) is 5.02 Å². The van der Waals surface area contributed by atoms with Crippen LogP contribution in [0.25, 0.3) is 0 Å². The van der Waals surface area contributed by atoms with Gasteiger partial charge in [-0.15, -0.1) is 0 Å². The summed E-state index contributed by atoms with van der Waals surface area (Å²) in [6.07, 6.45) is 0. The van der Waals surface area contributed by atoms with Crippen molar-refractivity contribution in [3.8, 4) is 11.5 Å². The first-order valence-electron chi connectivity index (χ1n) is 9.61. The summed E-state index contributed by atoms with van der Waals surface area (Å²) in [5.74, 6) is 1.05. The summed E-state index contributed by atoms with van der Waals surface area (Å²) in [6.45, 7) is 4.47. The number of carbonyl (C=O) groups excluding carboxylic acids is 1. The number of hydrogen-bond donors (Lipinski definition) is 2. The van der Waals surface area contributed by atoms with Gasteiger partial charge in [0.15, 0.2) is 6.61 Å². The third kappa shape index (κ3) is 5.91. The quantitative estimate of drug-likeness (QED) is 0.494. The van der Waals surface area contributed by atoms with Crippen molar-refractivity contribution in [3.63, 3.8) is 0 Å². The summed E-state index contributed by atoms with van der Waals surface area (Å²) in [4.78, 5) is 12.2. The second-order valence-electron chi connectivity index (χ2n) is 7.00. The van der Waals surface area contributed by atoms with Crippen molar-refractivity contribution in [2.45, 2.75) is 20.4 Å². The van der Waals surface area contributed by atoms with E-state index >= 15 is 0 Å². The predicted octanol–water partition coefficient (Wildman–Crippen LogP) is 5.60. The molecular weight excluding hydrogens is 400 g/mol. The van der Waals surface area contributed by atoms with E-state index in [4.69, 9.17) is 21.1 Å². The monoisotopic (exact) mass is 424 g/mol. The van der Waals surface area contributed by atoms with E-state index in [0.29, 0.717) is 17.3 Å². The lowest BCUT2D eigenvalue weighted by Gasteiger charge is -2.12. The fraction of sp³-hybridized carbons (Fsp3) is 0.208. The highest BCUT2D eigenvalue weighted by molar-refractivity contribution is 6.32. The van der Waals surface area contributed by atoms with Gasteiger partial charge in [-0.2, -0.15) is 0 Å². The molecular formula is C24H25ClN2O3. The topological polar surface area (TPSA) is 59.6 Å². The van der Waals surface area contributed by atoms with Gasteiger partial charge in [0.1, 0.15) is 11.5 Å². The van der Waals surface area contributed by atoms with Crippen molar-refractivity contribution in [2.24, 2.45) is 0 Å². The molecule has 0 heterocycles. The van der Waals surface area contributed by atoms with Crippen LogP contribution < -0.4 is 20.1 Å². The Morgan fingerprint density at radius 2 is 1.77 bits per heavy atom. The number of rotatable bonds is 8. The van der Waals surface area contributed by atoms with E-state index in [1.54, 1.807) is 13.2 Å². The van der Waals surface area contributed by atoms with Gasteiger partial charge in [-0.05, 0) is 67.4 Å². The van der Waals surface area contributed by atoms with Gasteiger partial charge in [-0.25, -0.2) is 0 Å². The Hall–Kier alpha value is -3.18. The Morgan fingerprint density at radius 1 is 1.00 bits per heavy atom. The lowest BCUT2D eigenvalue weighted by atomic mass is 10.1. The minimum atomic E-state index is -0.233. The van der Waals surface area contributed by atoms with Gasteiger partial charge >= 0.3 is 0 Å². The molecule has 1 amide bonds. The first kappa shape index (κ1) is 21.5. The first-order valence-corrected chi connectivity index (χ1v) is 9.98. The molecule has 156 valence electrons. The molecule has 3 aromatic rings. The zero-order valence-corrected chi connectivity index (χ0v) is 18.0. The number of hydrogen-bond acceptors (Lipinski definition) is 4. The van der Waals surface area contributed by atoms with Crippen molar-refractivity contribution in [2.75, 3.05) is 24.4 Å². The van der Waals surface area contributed by atoms with Crippen LogP contribution in [0.5, 0.6) is 11.5 Å². The number of amides is 1. The number of methoxy groups -OCH3 is 1. The number of halogens is 1. The number of ether oxygens (including phenoxy) is 2. The lowest BCUT2D eigenvalue weighted by Crippen LogP contribution is -2.20. The summed E-state index contributed by atoms with van der Waals surface area (Å²) in [5.41, 5.74) is 4.92. The zero-order chi connectivity index (χ0) is 21.5. The molecule has 6 heteroatoms. The molecule has 0 unspecified atom stereocenters. The molecule has 3 rings (SSSR count). The molecule has 0 radical (unpaired) electrons. The Bertz CT molecular complexity index is 1020. The van der Waals surface area contributed by atoms with Crippen molar-refractivity contribution < 1.29 is 14.3 Å². The van der Waals surface area contributed by atoms with Crippen LogP contribution in [0.4, 0.5) is 11.4 Å². The maximum absolute atomic E-state index is 12.2. The second-order valence-corrected chi connectivity index (χ2v) is 7.41. The Kier molecular flexibility index (Phi) is 7.20. The fourth-order valence-corrected chi connectivity index (χ4v) is 3.23. The summed E-state index contributed by atoms with van der Waals surface area (Å²) >= 11 is 6.34. The molecule has 0 spiro atoms. The van der Waals surface area contributed by atoms with Crippen LogP contribution in [0.15, 0.2) is 60.7 Å². The van der Waals surface area contributed by atoms with Crippen molar-refractivity contribution in [1.82, 2.24) is 0 Å². The Labute approximate surface area is 182 Å². The zero-order valence-electron chi connectivity index (χ0n) is 17.3. The number of carbonyl (C=O) groups is 1. The van der Waals surface area contributed by atoms with E-state index < -0.39 is 0 Å². The van der Waals surface area contributed by atoms with E-state index in [-0.39, 0.29) is 12.5 Å². The van der Waals surface area contributed by atoms with Gasteiger partial charge in [-0.1, -0.05) is 35.4 Å². The second kappa shape index (κ2) is 10.0. The van der Waals surface area contributed by atoms with Crippen LogP contribution in [0.3, 0.4) is 0 Å². The smallest absolute Gasteiger partial charge is 0.262 e. The van der Waals surface area contributed by atoms with Gasteiger partial charge in [0.2, 0.25) is 0 Å². The third-order valence-corrected chi connectivity index (χ3v) is 4.89. The molecule has 0 aliphatic rings. The molecule has 3 aromatic carbocycles. The van der Waals surface area contributed by atoms with E-state index in [2.05, 4.69) is 10.6 Å². The van der Waals surface area contributed by atoms with E-state index in [9.17, 15) is 4.79 Å². The standard InChI is InChI=1S/C24H25ClN2O3/c1-16-4-10-22(17(2)12-16)27-24(28)15-30-23-11-5-18(13-21(23)25)14-26-19-6-8-20(29-3)9-7-19/h4-13,26H,14-15H2,1-3H3,(H,27,28). The van der Waals surface area contributed by atoms with E-state index in [1.165, 1.54) is 0 Å². The van der Waals surface area contributed by atoms with E-state index in [1.807, 2.05) is 68.4 Å². The third-order valence-electron chi connectivity index (χ3n) is 4.60. The highest BCUT2D eigenvalue weighted by Gasteiger charge is 2.09. The van der Waals surface area contributed by atoms with E-state index in [0.717, 1.165) is 33.8 Å². The first-order chi connectivity index (χ1) is 14.4. The molecule has 0 bridgehead atoms. The van der Waals surface area contributed by atoms with Crippen LogP contribution in [0.1, 0.15) is 16.7 Å². The highest BCUT2D eigenvalue weighted by Crippen LogP contribution is 2.26. The predicted molar refractivity (Wildman–Crippen MR) is 122 cm³/mol. The molecule has 0 saturated carbocycles. The normalized spacial score (nSPS) is 10.4. The number of anilines is 2. The molecule has 0 aliphatic heterocycles. The lowest BCUT2D eigenvalue weighted by molar-refractivity contribution is -0.118. The largest absolute Gasteiger partial charge is 0.497 e. The molecule has 0 atom stereocenters. The minimum Gasteiger partial charge on any atom is -0.497 e. The summed E-state index contributed by atoms with van der Waals surface area (Å²) in [7, 11) is 1.64. The minimum absolute atomic E-state index is 0.115. The summed E-state index contributed by atoms with van der Waals surface area (Å²) in [6, 6.07) is 19.1. The van der Waals surface area contributed by atoms with Gasteiger partial charge in [-0.3, -0.25) is 4.79 Å². The molecule has 30 heavy (non-hydrogen) atoms. The summed E-state index contributed by atoms with van der Waals surface area (Å²) < 4.78 is 10.8. The molecule has 0 saturated heterocycles. The highest BCUT2D eigenvalue weighted by atomic mass is 35.5. The number of aryl methyl sites for hydroxylation is 2. The maximum Gasteiger partial charge on any atom is 0.262 e. The molecule has 2 N–H and O–H groups in total. The van der Waals surface area contributed by atoms with Crippen LogP contribution >= 0.6 is 11.6 Å². The Morgan fingerprint density at radius 3 is 2.43 bits per heavy atom. The van der Waals surface area contributed by atoms with Gasteiger partial charge in [0, 0.05) is 17.9 Å². The average molecular weight is 425 g/mol. The molecule has 0 aromatic heterocycles. The van der Waals surface area contributed by atoms with Crippen LogP contribution in [-0.2, 0) is 11.3 Å². The number of nitrogens with one attached hydrogen (secondary N) is 2. The molecule has 0 fully saturated rings. The fourth-order valence-electron chi connectivity index (χ4n) is 2.97. The van der Waals surface area contributed by atoms with Gasteiger partial charge < -0.3 is 20.1 Å². The van der Waals surface area contributed by atoms with Crippen molar-refractivity contribution in [1.29, 1.82) is 0 Å². The Balaban J connectivity index is 1.52. The van der Waals surface area contributed by atoms with Crippen molar-refractivity contribution >= 4 is 28.9 Å². The van der Waals surface area contributed by atoms with Crippen LogP contribution in [-0.4, -0.2) is 19.6 Å². The van der Waals surface area contributed by atoms with Gasteiger partial charge in [0.05, 0.1) is 12.1 Å². The molecule has 0 aliphatic carbocycles. The summed E-state index contributed by atoms with van der Waals surface area (Å²) in [5, 5.41) is 6.65. The average Bonchev–Trinajstić information content (AvgIpc) is 2.74. The SMILES string of the molecule is COc1ccc(NCc2ccc(OCC(=O)Nc3ccc(C)cc3C)c(Cl)c2)cc1. The van der Waals surface area contributed by atoms with Crippen LogP contribution in [0, 0.1) is 13.8 Å². The van der Waals surface area contributed by atoms with Crippen molar-refractivity contribution in [3.05, 3.63) is 82.4 Å². The number of benzene rings is 3. The maximum atomic E-state index is 12.2. The van der Waals surface area contributed by atoms with Gasteiger partial charge in [0.25, 0.3) is 5.91 Å². The molecule has 5 nitrogen and oxygen atoms in total.